The summed E-state index contributed by atoms with van der Waals surface area (Å²) in [6.07, 6.45) is 3.59. The van der Waals surface area contributed by atoms with Crippen LogP contribution in [0, 0.1) is 12.8 Å². The minimum atomic E-state index is 0.732. The first-order chi connectivity index (χ1) is 7.22. The van der Waals surface area contributed by atoms with E-state index in [4.69, 9.17) is 0 Å². The van der Waals surface area contributed by atoms with E-state index in [2.05, 4.69) is 36.5 Å². The van der Waals surface area contributed by atoms with E-state index in [0.29, 0.717) is 0 Å². The SMILES string of the molecule is CCCNCCC(C)Cc1csc(C)n1. The second-order valence-corrected chi connectivity index (χ2v) is 5.27. The maximum atomic E-state index is 4.49. The Labute approximate surface area is 97.1 Å². The fourth-order valence-electron chi connectivity index (χ4n) is 1.61. The Hall–Kier alpha value is -0.410. The molecule has 0 amide bonds. The first kappa shape index (κ1) is 12.7. The first-order valence-electron chi connectivity index (χ1n) is 5.84. The molecule has 15 heavy (non-hydrogen) atoms. The van der Waals surface area contributed by atoms with E-state index in [1.165, 1.54) is 23.5 Å². The second kappa shape index (κ2) is 6.96. The summed E-state index contributed by atoms with van der Waals surface area (Å²) >= 11 is 1.75. The molecule has 86 valence electrons. The molecule has 0 aliphatic rings. The minimum Gasteiger partial charge on any atom is -0.317 e. The van der Waals surface area contributed by atoms with Gasteiger partial charge in [0.05, 0.1) is 10.7 Å². The standard InChI is InChI=1S/C12H22N2S/c1-4-6-13-7-5-10(2)8-12-9-15-11(3)14-12/h9-10,13H,4-8H2,1-3H3. The van der Waals surface area contributed by atoms with E-state index in [1.54, 1.807) is 11.3 Å². The highest BCUT2D eigenvalue weighted by atomic mass is 32.1. The predicted molar refractivity (Wildman–Crippen MR) is 67.5 cm³/mol. The molecule has 0 fully saturated rings. The van der Waals surface area contributed by atoms with Crippen LogP contribution in [0.3, 0.4) is 0 Å². The van der Waals surface area contributed by atoms with Gasteiger partial charge in [0, 0.05) is 5.38 Å². The van der Waals surface area contributed by atoms with Crippen molar-refractivity contribution in [2.45, 2.75) is 40.0 Å². The Morgan fingerprint density at radius 1 is 1.47 bits per heavy atom. The average Bonchev–Trinajstić information content (AvgIpc) is 2.59. The normalized spacial score (nSPS) is 13.0. The average molecular weight is 226 g/mol. The van der Waals surface area contributed by atoms with Gasteiger partial charge in [-0.25, -0.2) is 4.98 Å². The van der Waals surface area contributed by atoms with Crippen LogP contribution in [0.5, 0.6) is 0 Å². The number of rotatable bonds is 7. The van der Waals surface area contributed by atoms with Crippen LogP contribution < -0.4 is 5.32 Å². The van der Waals surface area contributed by atoms with Crippen molar-refractivity contribution in [2.75, 3.05) is 13.1 Å². The number of aromatic nitrogens is 1. The molecule has 0 bridgehead atoms. The van der Waals surface area contributed by atoms with Gasteiger partial charge in [0.1, 0.15) is 0 Å². The predicted octanol–water partition coefficient (Wildman–Crippen LogP) is 3.02. The van der Waals surface area contributed by atoms with Crippen LogP contribution in [-0.2, 0) is 6.42 Å². The van der Waals surface area contributed by atoms with Crippen LogP contribution in [0.25, 0.3) is 0 Å². The van der Waals surface area contributed by atoms with Crippen molar-refractivity contribution < 1.29 is 0 Å². The largest absolute Gasteiger partial charge is 0.317 e. The smallest absolute Gasteiger partial charge is 0.0897 e. The maximum Gasteiger partial charge on any atom is 0.0897 e. The molecule has 1 heterocycles. The molecule has 0 aliphatic heterocycles. The van der Waals surface area contributed by atoms with E-state index in [9.17, 15) is 0 Å². The molecule has 0 spiro atoms. The molecule has 3 heteroatoms. The molecular weight excluding hydrogens is 204 g/mol. The van der Waals surface area contributed by atoms with Crippen LogP contribution in [0.2, 0.25) is 0 Å². The Balaban J connectivity index is 2.15. The van der Waals surface area contributed by atoms with E-state index < -0.39 is 0 Å². The monoisotopic (exact) mass is 226 g/mol. The van der Waals surface area contributed by atoms with Gasteiger partial charge in [0.15, 0.2) is 0 Å². The van der Waals surface area contributed by atoms with E-state index in [1.807, 2.05) is 0 Å². The molecule has 0 saturated carbocycles. The number of thiazole rings is 1. The van der Waals surface area contributed by atoms with E-state index in [0.717, 1.165) is 25.4 Å². The van der Waals surface area contributed by atoms with Gasteiger partial charge in [-0.15, -0.1) is 11.3 Å². The summed E-state index contributed by atoms with van der Waals surface area (Å²) in [7, 11) is 0. The highest BCUT2D eigenvalue weighted by molar-refractivity contribution is 7.09. The van der Waals surface area contributed by atoms with Gasteiger partial charge in [-0.3, -0.25) is 0 Å². The first-order valence-corrected chi connectivity index (χ1v) is 6.72. The second-order valence-electron chi connectivity index (χ2n) is 4.21. The topological polar surface area (TPSA) is 24.9 Å². The van der Waals surface area contributed by atoms with Crippen LogP contribution in [0.4, 0.5) is 0 Å². The van der Waals surface area contributed by atoms with Crippen molar-refractivity contribution in [1.29, 1.82) is 0 Å². The van der Waals surface area contributed by atoms with Crippen LogP contribution in [0.1, 0.15) is 37.4 Å². The Bertz CT molecular complexity index is 270. The number of aryl methyl sites for hydroxylation is 1. The third kappa shape index (κ3) is 5.28. The summed E-state index contributed by atoms with van der Waals surface area (Å²) in [6, 6.07) is 0. The number of hydrogen-bond acceptors (Lipinski definition) is 3. The van der Waals surface area contributed by atoms with Crippen molar-refractivity contribution >= 4 is 11.3 Å². The van der Waals surface area contributed by atoms with Gasteiger partial charge in [-0.1, -0.05) is 13.8 Å². The Morgan fingerprint density at radius 3 is 2.87 bits per heavy atom. The van der Waals surface area contributed by atoms with Crippen molar-refractivity contribution in [2.24, 2.45) is 5.92 Å². The highest BCUT2D eigenvalue weighted by Crippen LogP contribution is 2.14. The molecule has 2 nitrogen and oxygen atoms in total. The zero-order valence-corrected chi connectivity index (χ0v) is 10.9. The van der Waals surface area contributed by atoms with Gasteiger partial charge in [-0.05, 0) is 45.2 Å². The Kier molecular flexibility index (Phi) is 5.88. The lowest BCUT2D eigenvalue weighted by atomic mass is 10.0. The molecule has 0 saturated heterocycles. The molecule has 1 N–H and O–H groups in total. The minimum absolute atomic E-state index is 0.732. The van der Waals surface area contributed by atoms with Crippen LogP contribution >= 0.6 is 11.3 Å². The summed E-state index contributed by atoms with van der Waals surface area (Å²) in [5, 5.41) is 6.81. The molecule has 1 aromatic rings. The van der Waals surface area contributed by atoms with Gasteiger partial charge in [0.2, 0.25) is 0 Å². The molecule has 0 radical (unpaired) electrons. The lowest BCUT2D eigenvalue weighted by Gasteiger charge is -2.09. The third-order valence-electron chi connectivity index (χ3n) is 2.46. The zero-order chi connectivity index (χ0) is 11.1. The van der Waals surface area contributed by atoms with Crippen LogP contribution in [0.15, 0.2) is 5.38 Å². The van der Waals surface area contributed by atoms with Gasteiger partial charge in [-0.2, -0.15) is 0 Å². The summed E-state index contributed by atoms with van der Waals surface area (Å²) in [5.41, 5.74) is 1.26. The quantitative estimate of drug-likeness (QED) is 0.723. The molecule has 1 unspecified atom stereocenters. The van der Waals surface area contributed by atoms with Crippen molar-refractivity contribution in [1.82, 2.24) is 10.3 Å². The number of hydrogen-bond donors (Lipinski definition) is 1. The molecule has 0 aromatic carbocycles. The maximum absolute atomic E-state index is 4.49. The summed E-state index contributed by atoms with van der Waals surface area (Å²) in [6.45, 7) is 8.86. The lowest BCUT2D eigenvalue weighted by molar-refractivity contribution is 0.495. The zero-order valence-electron chi connectivity index (χ0n) is 10.0. The van der Waals surface area contributed by atoms with E-state index in [-0.39, 0.29) is 0 Å². The molecule has 0 aliphatic carbocycles. The number of nitrogens with one attached hydrogen (secondary N) is 1. The van der Waals surface area contributed by atoms with E-state index >= 15 is 0 Å². The van der Waals surface area contributed by atoms with Crippen molar-refractivity contribution in [3.8, 4) is 0 Å². The van der Waals surface area contributed by atoms with Gasteiger partial charge < -0.3 is 5.32 Å². The third-order valence-corrected chi connectivity index (χ3v) is 3.29. The van der Waals surface area contributed by atoms with Crippen LogP contribution in [-0.4, -0.2) is 18.1 Å². The van der Waals surface area contributed by atoms with Gasteiger partial charge in [0.25, 0.3) is 0 Å². The summed E-state index contributed by atoms with van der Waals surface area (Å²) in [5.74, 6) is 0.732. The summed E-state index contributed by atoms with van der Waals surface area (Å²) < 4.78 is 0. The fourth-order valence-corrected chi connectivity index (χ4v) is 2.24. The number of nitrogens with zero attached hydrogens (tertiary/aromatic N) is 1. The molecule has 1 rings (SSSR count). The molecule has 1 atom stereocenters. The van der Waals surface area contributed by atoms with Crippen molar-refractivity contribution in [3.63, 3.8) is 0 Å². The molecular formula is C12H22N2S. The molecule has 1 aromatic heterocycles. The fraction of sp³-hybridized carbons (Fsp3) is 0.750. The summed E-state index contributed by atoms with van der Waals surface area (Å²) in [4.78, 5) is 4.49. The lowest BCUT2D eigenvalue weighted by Crippen LogP contribution is -2.18. The Morgan fingerprint density at radius 2 is 2.27 bits per heavy atom. The van der Waals surface area contributed by atoms with Gasteiger partial charge >= 0.3 is 0 Å². The highest BCUT2D eigenvalue weighted by Gasteiger charge is 2.05. The van der Waals surface area contributed by atoms with Crippen molar-refractivity contribution in [3.05, 3.63) is 16.1 Å².